The Morgan fingerprint density at radius 3 is 2.73 bits per heavy atom. The normalized spacial score (nSPS) is 23.5. The van der Waals surface area contributed by atoms with Gasteiger partial charge in [-0.2, -0.15) is 0 Å². The van der Waals surface area contributed by atoms with Crippen LogP contribution in [0.15, 0.2) is 18.6 Å². The number of aromatic nitrogens is 3. The van der Waals surface area contributed by atoms with Gasteiger partial charge in [0.25, 0.3) is 0 Å². The van der Waals surface area contributed by atoms with Crippen LogP contribution < -0.4 is 4.90 Å². The van der Waals surface area contributed by atoms with E-state index in [1.54, 1.807) is 17.7 Å². The highest BCUT2D eigenvalue weighted by molar-refractivity contribution is 7.89. The van der Waals surface area contributed by atoms with Crippen molar-refractivity contribution in [3.63, 3.8) is 0 Å². The van der Waals surface area contributed by atoms with Crippen LogP contribution in [0.4, 0.5) is 5.82 Å². The zero-order chi connectivity index (χ0) is 21.1. The second kappa shape index (κ2) is 9.17. The minimum absolute atomic E-state index is 0.131. The predicted octanol–water partition coefficient (Wildman–Crippen LogP) is 1.63. The Kier molecular flexibility index (Phi) is 6.57. The van der Waals surface area contributed by atoms with Gasteiger partial charge in [-0.15, -0.1) is 0 Å². The largest absolute Gasteiger partial charge is 0.382 e. The Balaban J connectivity index is 1.26. The number of aromatic amines is 1. The number of rotatable bonds is 9. The second-order valence-corrected chi connectivity index (χ2v) is 10.3. The van der Waals surface area contributed by atoms with Crippen LogP contribution in [-0.4, -0.2) is 86.0 Å². The summed E-state index contributed by atoms with van der Waals surface area (Å²) in [5.74, 6) is 1.32. The van der Waals surface area contributed by atoms with E-state index in [0.717, 1.165) is 42.5 Å². The molecule has 2 fully saturated rings. The van der Waals surface area contributed by atoms with Gasteiger partial charge in [0.15, 0.2) is 0 Å². The maximum absolute atomic E-state index is 12.9. The van der Waals surface area contributed by atoms with Crippen molar-refractivity contribution in [1.82, 2.24) is 19.3 Å². The number of anilines is 1. The lowest BCUT2D eigenvalue weighted by atomic mass is 9.81. The summed E-state index contributed by atoms with van der Waals surface area (Å²) in [4.78, 5) is 13.9. The molecule has 0 aromatic carbocycles. The molecule has 0 radical (unpaired) electrons. The average molecular weight is 438 g/mol. The number of nitrogens with one attached hydrogen (secondary N) is 1. The number of H-pyrrole nitrogens is 1. The molecule has 1 aliphatic heterocycles. The lowest BCUT2D eigenvalue weighted by molar-refractivity contribution is -0.00507. The molecule has 166 valence electrons. The van der Waals surface area contributed by atoms with Crippen molar-refractivity contribution >= 4 is 26.9 Å². The van der Waals surface area contributed by atoms with Crippen LogP contribution >= 0.6 is 0 Å². The highest BCUT2D eigenvalue weighted by atomic mass is 32.2. The number of ether oxygens (including phenoxy) is 2. The number of hydrogen-bond donors (Lipinski definition) is 1. The smallest absolute Gasteiger partial charge is 0.214 e. The Morgan fingerprint density at radius 1 is 1.23 bits per heavy atom. The molecule has 1 N–H and O–H groups in total. The fraction of sp³-hybridized carbons (Fsp3) is 0.700. The van der Waals surface area contributed by atoms with E-state index in [2.05, 4.69) is 19.9 Å². The summed E-state index contributed by atoms with van der Waals surface area (Å²) in [5, 5.41) is 0.992. The molecule has 1 saturated heterocycles. The van der Waals surface area contributed by atoms with E-state index in [9.17, 15) is 8.42 Å². The van der Waals surface area contributed by atoms with Crippen LogP contribution in [0.5, 0.6) is 0 Å². The summed E-state index contributed by atoms with van der Waals surface area (Å²) in [6.07, 6.45) is 6.78. The van der Waals surface area contributed by atoms with Crippen molar-refractivity contribution in [3.05, 3.63) is 18.6 Å². The van der Waals surface area contributed by atoms with Gasteiger partial charge < -0.3 is 19.4 Å². The van der Waals surface area contributed by atoms with E-state index in [-0.39, 0.29) is 17.8 Å². The van der Waals surface area contributed by atoms with Crippen molar-refractivity contribution in [2.45, 2.75) is 37.8 Å². The predicted molar refractivity (Wildman–Crippen MR) is 115 cm³/mol. The van der Waals surface area contributed by atoms with Crippen molar-refractivity contribution in [1.29, 1.82) is 0 Å². The van der Waals surface area contributed by atoms with Crippen LogP contribution in [0.25, 0.3) is 11.0 Å². The molecule has 0 spiro atoms. The van der Waals surface area contributed by atoms with Crippen molar-refractivity contribution in [2.75, 3.05) is 51.1 Å². The summed E-state index contributed by atoms with van der Waals surface area (Å²) >= 11 is 0. The SMILES string of the molecule is COCCOC1CCN(S(=O)(=O)C[C@H]2C[C@@H](N(C)c3ncnc4[nH]ccc34)C2)CC1. The topological polar surface area (TPSA) is 101 Å². The summed E-state index contributed by atoms with van der Waals surface area (Å²) < 4.78 is 38.1. The van der Waals surface area contributed by atoms with Gasteiger partial charge in [-0.3, -0.25) is 0 Å². The molecular weight excluding hydrogens is 406 g/mol. The molecule has 10 heteroatoms. The molecule has 0 unspecified atom stereocenters. The van der Waals surface area contributed by atoms with Crippen molar-refractivity contribution in [3.8, 4) is 0 Å². The number of piperidine rings is 1. The van der Waals surface area contributed by atoms with Crippen LogP contribution in [0.2, 0.25) is 0 Å². The molecule has 30 heavy (non-hydrogen) atoms. The minimum atomic E-state index is -3.23. The van der Waals surface area contributed by atoms with E-state index in [4.69, 9.17) is 9.47 Å². The average Bonchev–Trinajstić information content (AvgIpc) is 3.19. The third-order valence-electron chi connectivity index (χ3n) is 6.31. The minimum Gasteiger partial charge on any atom is -0.382 e. The molecule has 9 nitrogen and oxygen atoms in total. The quantitative estimate of drug-likeness (QED) is 0.595. The van der Waals surface area contributed by atoms with Crippen LogP contribution in [0.3, 0.4) is 0 Å². The molecule has 0 atom stereocenters. The standard InChI is InChI=1S/C20H31N5O4S/c1-24(20-18-3-6-21-19(18)22-14-23-20)16-11-15(12-16)13-30(26,27)25-7-4-17(5-8-25)29-10-9-28-2/h3,6,14-17H,4-5,7-13H2,1-2H3,(H,21,22,23)/t15-,16+. The molecule has 2 aromatic heterocycles. The summed E-state index contributed by atoms with van der Waals surface area (Å²) in [7, 11) is 0.447. The fourth-order valence-electron chi connectivity index (χ4n) is 4.44. The van der Waals surface area contributed by atoms with Gasteiger partial charge >= 0.3 is 0 Å². The fourth-order valence-corrected chi connectivity index (χ4v) is 6.29. The van der Waals surface area contributed by atoms with E-state index in [1.807, 2.05) is 19.3 Å². The van der Waals surface area contributed by atoms with Gasteiger partial charge in [0, 0.05) is 39.5 Å². The first kappa shape index (κ1) is 21.5. The lowest BCUT2D eigenvalue weighted by Crippen LogP contribution is -2.48. The summed E-state index contributed by atoms with van der Waals surface area (Å²) in [6, 6.07) is 2.28. The first-order valence-corrected chi connectivity index (χ1v) is 12.2. The van der Waals surface area contributed by atoms with E-state index >= 15 is 0 Å². The van der Waals surface area contributed by atoms with Gasteiger partial charge in [-0.05, 0) is 37.7 Å². The monoisotopic (exact) mass is 437 g/mol. The Hall–Kier alpha value is -1.75. The Labute approximate surface area is 177 Å². The molecule has 1 aliphatic carbocycles. The first-order chi connectivity index (χ1) is 14.5. The number of fused-ring (bicyclic) bond motifs is 1. The summed E-state index contributed by atoms with van der Waals surface area (Å²) in [5.41, 5.74) is 0.819. The van der Waals surface area contributed by atoms with Crippen LogP contribution in [-0.2, 0) is 19.5 Å². The van der Waals surface area contributed by atoms with E-state index < -0.39 is 10.0 Å². The summed E-state index contributed by atoms with van der Waals surface area (Å²) in [6.45, 7) is 2.22. The number of nitrogens with zero attached hydrogens (tertiary/aromatic N) is 4. The van der Waals surface area contributed by atoms with Crippen molar-refractivity contribution in [2.24, 2.45) is 5.92 Å². The maximum atomic E-state index is 12.9. The van der Waals surface area contributed by atoms with Gasteiger partial charge in [0.2, 0.25) is 10.0 Å². The molecule has 4 rings (SSSR count). The van der Waals surface area contributed by atoms with E-state index in [1.165, 1.54) is 0 Å². The van der Waals surface area contributed by atoms with Crippen LogP contribution in [0, 0.1) is 5.92 Å². The van der Waals surface area contributed by atoms with Crippen LogP contribution in [0.1, 0.15) is 25.7 Å². The first-order valence-electron chi connectivity index (χ1n) is 10.6. The molecule has 3 heterocycles. The number of methoxy groups -OCH3 is 1. The lowest BCUT2D eigenvalue weighted by Gasteiger charge is -2.42. The second-order valence-electron chi connectivity index (χ2n) is 8.28. The number of hydrogen-bond acceptors (Lipinski definition) is 7. The third kappa shape index (κ3) is 4.61. The molecule has 2 aromatic rings. The molecule has 0 amide bonds. The van der Waals surface area contributed by atoms with Gasteiger partial charge in [-0.25, -0.2) is 22.7 Å². The maximum Gasteiger partial charge on any atom is 0.214 e. The number of sulfonamides is 1. The molecule has 2 aliphatic rings. The van der Waals surface area contributed by atoms with E-state index in [0.29, 0.717) is 32.3 Å². The zero-order valence-electron chi connectivity index (χ0n) is 17.7. The zero-order valence-corrected chi connectivity index (χ0v) is 18.5. The molecule has 1 saturated carbocycles. The molecule has 0 bridgehead atoms. The highest BCUT2D eigenvalue weighted by Gasteiger charge is 2.38. The van der Waals surface area contributed by atoms with Gasteiger partial charge in [0.1, 0.15) is 17.8 Å². The van der Waals surface area contributed by atoms with Crippen molar-refractivity contribution < 1.29 is 17.9 Å². The Morgan fingerprint density at radius 2 is 2.00 bits per heavy atom. The molecular formula is C20H31N5O4S. The Bertz CT molecular complexity index is 936. The van der Waals surface area contributed by atoms with Gasteiger partial charge in [-0.1, -0.05) is 0 Å². The third-order valence-corrected chi connectivity index (χ3v) is 8.35. The van der Waals surface area contributed by atoms with Gasteiger partial charge in [0.05, 0.1) is 30.5 Å². The highest BCUT2D eigenvalue weighted by Crippen LogP contribution is 2.36.